The number of carbonyl (C=O) groups is 1. The average Bonchev–Trinajstić information content (AvgIpc) is 3.04. The molecule has 0 radical (unpaired) electrons. The van der Waals surface area contributed by atoms with Crippen LogP contribution in [0.5, 0.6) is 0 Å². The fraction of sp³-hybridized carbons (Fsp3) is 0.421. The molecular formula is C19H24N4O3S. The van der Waals surface area contributed by atoms with E-state index in [4.69, 9.17) is 0 Å². The Morgan fingerprint density at radius 3 is 2.74 bits per heavy atom. The third-order valence-electron chi connectivity index (χ3n) is 4.50. The first kappa shape index (κ1) is 19.4. The second kappa shape index (κ2) is 7.74. The van der Waals surface area contributed by atoms with Gasteiger partial charge in [-0.3, -0.25) is 4.79 Å². The highest BCUT2D eigenvalue weighted by Gasteiger charge is 2.33. The van der Waals surface area contributed by atoms with Gasteiger partial charge in [-0.1, -0.05) is 26.0 Å². The summed E-state index contributed by atoms with van der Waals surface area (Å²) in [6.07, 6.45) is 3.57. The Hall–Kier alpha value is -2.32. The number of sulfonamides is 1. The number of fused-ring (bicyclic) bond motifs is 1. The molecule has 2 aromatic rings. The maximum Gasteiger partial charge on any atom is 0.241 e. The molecular weight excluding hydrogens is 364 g/mol. The number of amides is 1. The molecule has 7 nitrogen and oxygen atoms in total. The zero-order valence-electron chi connectivity index (χ0n) is 15.7. The van der Waals surface area contributed by atoms with Crippen LogP contribution < -0.4 is 4.72 Å². The molecule has 2 heterocycles. The van der Waals surface area contributed by atoms with Crippen LogP contribution in [0.1, 0.15) is 37.1 Å². The topological polar surface area (TPSA) is 92.3 Å². The van der Waals surface area contributed by atoms with Gasteiger partial charge in [0.05, 0.1) is 17.1 Å². The van der Waals surface area contributed by atoms with Gasteiger partial charge in [0.1, 0.15) is 12.4 Å². The number of hydrogen-bond donors (Lipinski definition) is 1. The van der Waals surface area contributed by atoms with Crippen LogP contribution >= 0.6 is 0 Å². The van der Waals surface area contributed by atoms with E-state index in [0.717, 1.165) is 16.8 Å². The summed E-state index contributed by atoms with van der Waals surface area (Å²) in [6.45, 7) is 6.53. The lowest BCUT2D eigenvalue weighted by Gasteiger charge is -2.25. The van der Waals surface area contributed by atoms with Gasteiger partial charge in [-0.2, -0.15) is 4.72 Å². The number of aromatic nitrogens is 2. The first-order valence-corrected chi connectivity index (χ1v) is 10.4. The molecule has 0 saturated heterocycles. The quantitative estimate of drug-likeness (QED) is 0.817. The van der Waals surface area contributed by atoms with Crippen LogP contribution in [-0.4, -0.2) is 35.2 Å². The number of nitrogens with zero attached hydrogens (tertiary/aromatic N) is 3. The Morgan fingerprint density at radius 1 is 1.30 bits per heavy atom. The van der Waals surface area contributed by atoms with Crippen molar-refractivity contribution in [1.82, 2.24) is 19.6 Å². The summed E-state index contributed by atoms with van der Waals surface area (Å²) in [5.41, 5.74) is 2.55. The molecule has 1 aliphatic rings. The van der Waals surface area contributed by atoms with Crippen LogP contribution in [0, 0.1) is 12.8 Å². The minimum Gasteiger partial charge on any atom is -0.331 e. The van der Waals surface area contributed by atoms with Crippen LogP contribution in [0.4, 0.5) is 0 Å². The van der Waals surface area contributed by atoms with Gasteiger partial charge in [-0.05, 0) is 37.0 Å². The van der Waals surface area contributed by atoms with Crippen LogP contribution in [0.15, 0.2) is 41.7 Å². The molecule has 27 heavy (non-hydrogen) atoms. The molecule has 1 unspecified atom stereocenters. The lowest BCUT2D eigenvalue weighted by molar-refractivity contribution is -0.134. The zero-order valence-corrected chi connectivity index (χ0v) is 16.5. The van der Waals surface area contributed by atoms with Crippen molar-refractivity contribution in [3.63, 3.8) is 0 Å². The van der Waals surface area contributed by atoms with E-state index in [1.165, 1.54) is 12.4 Å². The first-order valence-electron chi connectivity index (χ1n) is 8.92. The molecule has 1 amide bonds. The van der Waals surface area contributed by atoms with Gasteiger partial charge in [0, 0.05) is 18.3 Å². The van der Waals surface area contributed by atoms with Crippen molar-refractivity contribution < 1.29 is 13.2 Å². The molecule has 3 rings (SSSR count). The molecule has 8 heteroatoms. The second-order valence-electron chi connectivity index (χ2n) is 7.31. The Bertz CT molecular complexity index is 918. The van der Waals surface area contributed by atoms with E-state index in [-0.39, 0.29) is 16.7 Å². The van der Waals surface area contributed by atoms with Crippen LogP contribution in [0.3, 0.4) is 0 Å². The predicted molar refractivity (Wildman–Crippen MR) is 101 cm³/mol. The fourth-order valence-corrected chi connectivity index (χ4v) is 4.49. The Morgan fingerprint density at radius 2 is 2.07 bits per heavy atom. The summed E-state index contributed by atoms with van der Waals surface area (Å²) in [4.78, 5) is 23.1. The van der Waals surface area contributed by atoms with E-state index in [9.17, 15) is 13.2 Å². The summed E-state index contributed by atoms with van der Waals surface area (Å²) < 4.78 is 28.2. The standard InChI is InChI=1S/C19H24N4O3S/c1-13(2)7-17(22-27(25,26)16-6-4-5-14(3)8-16)19(24)23-10-15-9-20-12-21-18(15)11-23/h4-6,8-9,12-13,17,22H,7,10-11H2,1-3H3. The van der Waals surface area contributed by atoms with Crippen molar-refractivity contribution in [1.29, 1.82) is 0 Å². The minimum atomic E-state index is -3.80. The van der Waals surface area contributed by atoms with Crippen molar-refractivity contribution in [2.45, 2.75) is 51.2 Å². The first-order chi connectivity index (χ1) is 12.8. The maximum absolute atomic E-state index is 13.1. The number of rotatable bonds is 6. The molecule has 0 fully saturated rings. The number of carbonyl (C=O) groups excluding carboxylic acids is 1. The monoisotopic (exact) mass is 388 g/mol. The SMILES string of the molecule is Cc1cccc(S(=O)(=O)NC(CC(C)C)C(=O)N2Cc3cncnc3C2)c1. The number of nitrogens with one attached hydrogen (secondary N) is 1. The lowest BCUT2D eigenvalue weighted by atomic mass is 10.0. The molecule has 1 aromatic heterocycles. The summed E-state index contributed by atoms with van der Waals surface area (Å²) in [5, 5.41) is 0. The molecule has 0 saturated carbocycles. The van der Waals surface area contributed by atoms with Gasteiger partial charge >= 0.3 is 0 Å². The molecule has 1 aromatic carbocycles. The largest absolute Gasteiger partial charge is 0.331 e. The molecule has 0 spiro atoms. The van der Waals surface area contributed by atoms with Gasteiger partial charge < -0.3 is 4.90 Å². The zero-order chi connectivity index (χ0) is 19.6. The lowest BCUT2D eigenvalue weighted by Crippen LogP contribution is -2.47. The molecule has 0 aliphatic carbocycles. The number of aryl methyl sites for hydroxylation is 1. The van der Waals surface area contributed by atoms with Crippen molar-refractivity contribution in [3.05, 3.63) is 53.6 Å². The normalized spacial score (nSPS) is 15.0. The minimum absolute atomic E-state index is 0.156. The van der Waals surface area contributed by atoms with E-state index in [1.807, 2.05) is 26.8 Å². The van der Waals surface area contributed by atoms with E-state index < -0.39 is 16.1 Å². The predicted octanol–water partition coefficient (Wildman–Crippen LogP) is 2.02. The van der Waals surface area contributed by atoms with Gasteiger partial charge in [-0.25, -0.2) is 18.4 Å². The van der Waals surface area contributed by atoms with E-state index in [1.54, 1.807) is 23.2 Å². The molecule has 1 N–H and O–H groups in total. The van der Waals surface area contributed by atoms with Crippen LogP contribution in [-0.2, 0) is 27.9 Å². The highest BCUT2D eigenvalue weighted by molar-refractivity contribution is 7.89. The summed E-state index contributed by atoms with van der Waals surface area (Å²) in [7, 11) is -3.80. The third kappa shape index (κ3) is 4.51. The van der Waals surface area contributed by atoms with E-state index >= 15 is 0 Å². The molecule has 1 aliphatic heterocycles. The maximum atomic E-state index is 13.1. The van der Waals surface area contributed by atoms with Gasteiger partial charge in [0.15, 0.2) is 0 Å². The second-order valence-corrected chi connectivity index (χ2v) is 9.02. The Labute approximate surface area is 159 Å². The summed E-state index contributed by atoms with van der Waals surface area (Å²) >= 11 is 0. The summed E-state index contributed by atoms with van der Waals surface area (Å²) in [5.74, 6) is -0.0816. The molecule has 144 valence electrons. The van der Waals surface area contributed by atoms with E-state index in [2.05, 4.69) is 14.7 Å². The third-order valence-corrected chi connectivity index (χ3v) is 5.97. The highest BCUT2D eigenvalue weighted by atomic mass is 32.2. The van der Waals surface area contributed by atoms with E-state index in [0.29, 0.717) is 19.5 Å². The van der Waals surface area contributed by atoms with Crippen molar-refractivity contribution in [2.75, 3.05) is 0 Å². The molecule has 1 atom stereocenters. The average molecular weight is 388 g/mol. The van der Waals surface area contributed by atoms with Crippen molar-refractivity contribution in [3.8, 4) is 0 Å². The number of hydrogen-bond acceptors (Lipinski definition) is 5. The molecule has 0 bridgehead atoms. The highest BCUT2D eigenvalue weighted by Crippen LogP contribution is 2.22. The number of benzene rings is 1. The van der Waals surface area contributed by atoms with Crippen molar-refractivity contribution >= 4 is 15.9 Å². The van der Waals surface area contributed by atoms with Gasteiger partial charge in [-0.15, -0.1) is 0 Å². The fourth-order valence-electron chi connectivity index (χ4n) is 3.19. The Balaban J connectivity index is 1.81. The van der Waals surface area contributed by atoms with Crippen LogP contribution in [0.25, 0.3) is 0 Å². The smallest absolute Gasteiger partial charge is 0.241 e. The van der Waals surface area contributed by atoms with Gasteiger partial charge in [0.25, 0.3) is 0 Å². The summed E-state index contributed by atoms with van der Waals surface area (Å²) in [6, 6.07) is 5.84. The van der Waals surface area contributed by atoms with Gasteiger partial charge in [0.2, 0.25) is 15.9 Å². The van der Waals surface area contributed by atoms with Crippen LogP contribution in [0.2, 0.25) is 0 Å². The van der Waals surface area contributed by atoms with Crippen molar-refractivity contribution in [2.24, 2.45) is 5.92 Å². The Kier molecular flexibility index (Phi) is 5.57.